The van der Waals surface area contributed by atoms with Gasteiger partial charge in [-0.3, -0.25) is 0 Å². The monoisotopic (exact) mass is 243 g/mol. The van der Waals surface area contributed by atoms with Crippen LogP contribution in [0.2, 0.25) is 0 Å². The molecular formula is C11H17NO3S. The third-order valence-corrected chi connectivity index (χ3v) is 4.83. The second-order valence-electron chi connectivity index (χ2n) is 4.20. The number of ether oxygens (including phenoxy) is 1. The Morgan fingerprint density at radius 1 is 1.38 bits per heavy atom. The van der Waals surface area contributed by atoms with Crippen LogP contribution >= 0.6 is 0 Å². The summed E-state index contributed by atoms with van der Waals surface area (Å²) in [6.45, 7) is 3.98. The quantitative estimate of drug-likeness (QED) is 0.730. The summed E-state index contributed by atoms with van der Waals surface area (Å²) in [7, 11) is -3.28. The number of allylic oxidation sites excluding steroid dienone is 3. The predicted molar refractivity (Wildman–Crippen MR) is 62.3 cm³/mol. The lowest BCUT2D eigenvalue weighted by Gasteiger charge is -2.27. The fraction of sp³-hybridized carbons (Fsp3) is 0.636. The van der Waals surface area contributed by atoms with Gasteiger partial charge in [0.25, 0.3) is 0 Å². The average Bonchev–Trinajstić information content (AvgIpc) is 2.31. The van der Waals surface area contributed by atoms with E-state index in [1.807, 2.05) is 12.2 Å². The molecule has 0 aromatic carbocycles. The average molecular weight is 243 g/mol. The Morgan fingerprint density at radius 3 is 2.62 bits per heavy atom. The molecule has 1 saturated heterocycles. The normalized spacial score (nSPS) is 27.8. The molecule has 0 aromatic heterocycles. The molecule has 2 aliphatic rings. The lowest BCUT2D eigenvalue weighted by Crippen LogP contribution is -2.41. The molecule has 4 nitrogen and oxygen atoms in total. The van der Waals surface area contributed by atoms with Gasteiger partial charge in [0.15, 0.2) is 0 Å². The van der Waals surface area contributed by atoms with Crippen LogP contribution in [0.1, 0.15) is 13.3 Å². The zero-order chi connectivity index (χ0) is 11.6. The van der Waals surface area contributed by atoms with Crippen LogP contribution in [0.25, 0.3) is 0 Å². The molecule has 1 fully saturated rings. The van der Waals surface area contributed by atoms with Crippen LogP contribution < -0.4 is 0 Å². The minimum Gasteiger partial charge on any atom is -0.379 e. The minimum absolute atomic E-state index is 0.434. The molecule has 0 amide bonds. The smallest absolute Gasteiger partial charge is 0.242 e. The van der Waals surface area contributed by atoms with E-state index in [4.69, 9.17) is 4.74 Å². The third kappa shape index (κ3) is 2.36. The summed E-state index contributed by atoms with van der Waals surface area (Å²) in [5, 5.41) is 0. The Morgan fingerprint density at radius 2 is 2.06 bits per heavy atom. The lowest BCUT2D eigenvalue weighted by atomic mass is 10.0. The van der Waals surface area contributed by atoms with Gasteiger partial charge in [0, 0.05) is 13.1 Å². The first-order chi connectivity index (χ1) is 7.60. The van der Waals surface area contributed by atoms with E-state index in [9.17, 15) is 8.42 Å². The van der Waals surface area contributed by atoms with E-state index in [2.05, 4.69) is 6.92 Å². The highest BCUT2D eigenvalue weighted by atomic mass is 32.2. The van der Waals surface area contributed by atoms with Crippen molar-refractivity contribution in [1.29, 1.82) is 0 Å². The van der Waals surface area contributed by atoms with Crippen LogP contribution in [0, 0.1) is 5.92 Å². The van der Waals surface area contributed by atoms with Gasteiger partial charge in [-0.2, -0.15) is 4.31 Å². The summed E-state index contributed by atoms with van der Waals surface area (Å²) >= 11 is 0. The molecule has 0 N–H and O–H groups in total. The van der Waals surface area contributed by atoms with Crippen molar-refractivity contribution in [3.8, 4) is 0 Å². The largest absolute Gasteiger partial charge is 0.379 e. The predicted octanol–water partition coefficient (Wildman–Crippen LogP) is 1.13. The summed E-state index contributed by atoms with van der Waals surface area (Å²) in [5.41, 5.74) is 0. The van der Waals surface area contributed by atoms with E-state index in [1.165, 1.54) is 4.31 Å². The van der Waals surface area contributed by atoms with Crippen molar-refractivity contribution in [2.24, 2.45) is 5.92 Å². The van der Waals surface area contributed by atoms with Gasteiger partial charge in [-0.1, -0.05) is 19.1 Å². The van der Waals surface area contributed by atoms with Gasteiger partial charge in [-0.25, -0.2) is 8.42 Å². The highest BCUT2D eigenvalue weighted by molar-refractivity contribution is 7.93. The van der Waals surface area contributed by atoms with Crippen molar-refractivity contribution in [2.75, 3.05) is 26.3 Å². The van der Waals surface area contributed by atoms with E-state index in [1.54, 1.807) is 6.08 Å². The molecule has 1 aliphatic heterocycles. The van der Waals surface area contributed by atoms with Crippen LogP contribution in [0.15, 0.2) is 23.1 Å². The number of nitrogens with zero attached hydrogens (tertiary/aromatic N) is 1. The summed E-state index contributed by atoms with van der Waals surface area (Å²) in [5.74, 6) is 0.434. The molecule has 0 unspecified atom stereocenters. The SMILES string of the molecule is C[C@H]1C=CC(S(=O)(=O)N2CCOCC2)=CC1. The summed E-state index contributed by atoms with van der Waals surface area (Å²) < 4.78 is 31.1. The summed E-state index contributed by atoms with van der Waals surface area (Å²) in [6.07, 6.45) is 6.29. The topological polar surface area (TPSA) is 46.6 Å². The Balaban J connectivity index is 2.16. The van der Waals surface area contributed by atoms with Crippen molar-refractivity contribution >= 4 is 10.0 Å². The van der Waals surface area contributed by atoms with E-state index >= 15 is 0 Å². The molecule has 0 aromatic rings. The number of hydrogen-bond donors (Lipinski definition) is 0. The maximum Gasteiger partial charge on any atom is 0.242 e. The Hall–Kier alpha value is -0.650. The number of sulfonamides is 1. The maximum absolute atomic E-state index is 12.2. The van der Waals surface area contributed by atoms with Crippen LogP contribution in [-0.2, 0) is 14.8 Å². The first-order valence-corrected chi connectivity index (χ1v) is 7.01. The fourth-order valence-corrected chi connectivity index (χ4v) is 3.32. The van der Waals surface area contributed by atoms with Gasteiger partial charge >= 0.3 is 0 Å². The molecule has 0 saturated carbocycles. The molecule has 90 valence electrons. The molecule has 0 radical (unpaired) electrons. The zero-order valence-electron chi connectivity index (χ0n) is 9.43. The Bertz CT molecular complexity index is 405. The number of rotatable bonds is 2. The summed E-state index contributed by atoms with van der Waals surface area (Å²) in [4.78, 5) is 0.438. The van der Waals surface area contributed by atoms with Crippen molar-refractivity contribution in [1.82, 2.24) is 4.31 Å². The first-order valence-electron chi connectivity index (χ1n) is 5.57. The van der Waals surface area contributed by atoms with Crippen LogP contribution in [0.5, 0.6) is 0 Å². The molecular weight excluding hydrogens is 226 g/mol. The highest BCUT2D eigenvalue weighted by Gasteiger charge is 2.27. The van der Waals surface area contributed by atoms with Crippen LogP contribution in [0.3, 0.4) is 0 Å². The molecule has 5 heteroatoms. The molecule has 0 spiro atoms. The van der Waals surface area contributed by atoms with E-state index < -0.39 is 10.0 Å². The van der Waals surface area contributed by atoms with Gasteiger partial charge in [-0.15, -0.1) is 0 Å². The van der Waals surface area contributed by atoms with Crippen LogP contribution in [0.4, 0.5) is 0 Å². The fourth-order valence-electron chi connectivity index (χ4n) is 1.84. The Labute approximate surface area is 96.6 Å². The molecule has 1 heterocycles. The lowest BCUT2D eigenvalue weighted by molar-refractivity contribution is 0.0734. The second-order valence-corrected chi connectivity index (χ2v) is 6.13. The van der Waals surface area contributed by atoms with E-state index in [0.717, 1.165) is 6.42 Å². The molecule has 16 heavy (non-hydrogen) atoms. The molecule has 1 aliphatic carbocycles. The van der Waals surface area contributed by atoms with E-state index in [-0.39, 0.29) is 0 Å². The molecule has 1 atom stereocenters. The molecule has 0 bridgehead atoms. The van der Waals surface area contributed by atoms with Crippen molar-refractivity contribution in [3.63, 3.8) is 0 Å². The van der Waals surface area contributed by atoms with Crippen molar-refractivity contribution in [2.45, 2.75) is 13.3 Å². The second kappa shape index (κ2) is 4.69. The number of morpholine rings is 1. The standard InChI is InChI=1S/C11H17NO3S/c1-10-2-4-11(5-3-10)16(13,14)12-6-8-15-9-7-12/h2,4-5,10H,3,6-9H2,1H3/t10-/m0/s1. The van der Waals surface area contributed by atoms with Gasteiger partial charge in [0.1, 0.15) is 0 Å². The first kappa shape index (κ1) is 11.8. The maximum atomic E-state index is 12.2. The zero-order valence-corrected chi connectivity index (χ0v) is 10.2. The Kier molecular flexibility index (Phi) is 3.47. The summed E-state index contributed by atoms with van der Waals surface area (Å²) in [6, 6.07) is 0. The van der Waals surface area contributed by atoms with Gasteiger partial charge in [-0.05, 0) is 18.4 Å². The van der Waals surface area contributed by atoms with Crippen molar-refractivity contribution in [3.05, 3.63) is 23.1 Å². The third-order valence-electron chi connectivity index (χ3n) is 2.89. The van der Waals surface area contributed by atoms with Crippen LogP contribution in [-0.4, -0.2) is 39.0 Å². The minimum atomic E-state index is -3.28. The van der Waals surface area contributed by atoms with Gasteiger partial charge < -0.3 is 4.74 Å². The molecule has 2 rings (SSSR count). The number of hydrogen-bond acceptors (Lipinski definition) is 3. The van der Waals surface area contributed by atoms with Gasteiger partial charge in [0.2, 0.25) is 10.0 Å². The highest BCUT2D eigenvalue weighted by Crippen LogP contribution is 2.23. The van der Waals surface area contributed by atoms with Gasteiger partial charge in [0.05, 0.1) is 18.1 Å². The van der Waals surface area contributed by atoms with Crippen molar-refractivity contribution < 1.29 is 13.2 Å². The van der Waals surface area contributed by atoms with E-state index in [0.29, 0.717) is 37.1 Å².